The van der Waals surface area contributed by atoms with Crippen LogP contribution >= 0.6 is 0 Å². The van der Waals surface area contributed by atoms with E-state index in [0.717, 1.165) is 5.56 Å². The topological polar surface area (TPSA) is 102 Å². The molecule has 7 nitrogen and oxygen atoms in total. The van der Waals surface area contributed by atoms with Crippen molar-refractivity contribution in [3.8, 4) is 0 Å². The molecule has 0 bridgehead atoms. The van der Waals surface area contributed by atoms with Crippen LogP contribution < -0.4 is 10.0 Å². The second kappa shape index (κ2) is 10.7. The molecule has 1 amide bonds. The molecule has 2 N–H and O–H groups in total. The summed E-state index contributed by atoms with van der Waals surface area (Å²) in [6.45, 7) is 5.73. The van der Waals surface area contributed by atoms with Crippen LogP contribution in [0.4, 0.5) is 5.69 Å². The van der Waals surface area contributed by atoms with Crippen LogP contribution in [-0.2, 0) is 19.6 Å². The quantitative estimate of drug-likeness (QED) is 0.468. The predicted octanol–water partition coefficient (Wildman–Crippen LogP) is 3.59. The summed E-state index contributed by atoms with van der Waals surface area (Å²) in [5.41, 5.74) is 1.69. The number of ether oxygens (including phenoxy) is 1. The second-order valence-corrected chi connectivity index (χ2v) is 8.33. The number of carbonyl (C=O) groups is 2. The third kappa shape index (κ3) is 6.82. The smallest absolute Gasteiger partial charge is 0.330 e. The van der Waals surface area contributed by atoms with Gasteiger partial charge >= 0.3 is 5.97 Å². The number of hydrogen-bond acceptors (Lipinski definition) is 5. The summed E-state index contributed by atoms with van der Waals surface area (Å²) < 4.78 is 32.0. The normalized spacial score (nSPS) is 12.5. The zero-order valence-electron chi connectivity index (χ0n) is 17.2. The highest BCUT2D eigenvalue weighted by molar-refractivity contribution is 7.89. The van der Waals surface area contributed by atoms with Gasteiger partial charge in [0.15, 0.2) is 0 Å². The minimum Gasteiger partial charge on any atom is -0.463 e. The average Bonchev–Trinajstić information content (AvgIpc) is 2.73. The average molecular weight is 431 g/mol. The molecule has 0 heterocycles. The van der Waals surface area contributed by atoms with E-state index in [1.807, 2.05) is 6.92 Å². The third-order valence-corrected chi connectivity index (χ3v) is 5.87. The number of esters is 1. The molecule has 0 saturated heterocycles. The van der Waals surface area contributed by atoms with Crippen LogP contribution in [0, 0.1) is 0 Å². The molecule has 0 aliphatic heterocycles. The van der Waals surface area contributed by atoms with Gasteiger partial charge in [0.25, 0.3) is 5.91 Å². The first-order chi connectivity index (χ1) is 14.2. The monoisotopic (exact) mass is 430 g/mol. The van der Waals surface area contributed by atoms with Crippen LogP contribution in [0.3, 0.4) is 0 Å². The minimum atomic E-state index is -3.61. The molecule has 0 fully saturated rings. The summed E-state index contributed by atoms with van der Waals surface area (Å²) in [5, 5.41) is 2.75. The van der Waals surface area contributed by atoms with Gasteiger partial charge in [0.1, 0.15) is 0 Å². The number of sulfonamides is 1. The Labute approximate surface area is 177 Å². The van der Waals surface area contributed by atoms with Gasteiger partial charge in [0, 0.05) is 23.4 Å². The molecule has 0 aliphatic carbocycles. The first-order valence-electron chi connectivity index (χ1n) is 9.63. The summed E-state index contributed by atoms with van der Waals surface area (Å²) in [6, 6.07) is 12.5. The van der Waals surface area contributed by atoms with Gasteiger partial charge in [-0.2, -0.15) is 0 Å². The second-order valence-electron chi connectivity index (χ2n) is 6.62. The maximum Gasteiger partial charge on any atom is 0.330 e. The highest BCUT2D eigenvalue weighted by Gasteiger charge is 2.17. The number of benzene rings is 2. The van der Waals surface area contributed by atoms with Crippen LogP contribution in [0.15, 0.2) is 59.5 Å². The van der Waals surface area contributed by atoms with Crippen molar-refractivity contribution in [2.24, 2.45) is 0 Å². The molecule has 0 spiro atoms. The van der Waals surface area contributed by atoms with E-state index in [9.17, 15) is 18.0 Å². The van der Waals surface area contributed by atoms with Crippen molar-refractivity contribution >= 4 is 33.7 Å². The minimum absolute atomic E-state index is 0.108. The van der Waals surface area contributed by atoms with E-state index in [1.165, 1.54) is 30.3 Å². The van der Waals surface area contributed by atoms with Crippen molar-refractivity contribution in [3.63, 3.8) is 0 Å². The van der Waals surface area contributed by atoms with Crippen molar-refractivity contribution < 1.29 is 22.7 Å². The van der Waals surface area contributed by atoms with E-state index in [4.69, 9.17) is 4.74 Å². The maximum atomic E-state index is 12.4. The van der Waals surface area contributed by atoms with E-state index >= 15 is 0 Å². The van der Waals surface area contributed by atoms with Gasteiger partial charge in [-0.3, -0.25) is 4.79 Å². The summed E-state index contributed by atoms with van der Waals surface area (Å²) in [5.74, 6) is -0.775. The highest BCUT2D eigenvalue weighted by atomic mass is 32.2. The van der Waals surface area contributed by atoms with Crippen LogP contribution in [0.1, 0.15) is 43.1 Å². The lowest BCUT2D eigenvalue weighted by Gasteiger charge is -2.12. The van der Waals surface area contributed by atoms with Gasteiger partial charge in [0.05, 0.1) is 11.5 Å². The zero-order chi connectivity index (χ0) is 22.1. The number of nitrogens with one attached hydrogen (secondary N) is 2. The molecule has 0 aliphatic rings. The first-order valence-corrected chi connectivity index (χ1v) is 11.1. The predicted molar refractivity (Wildman–Crippen MR) is 117 cm³/mol. The molecule has 0 saturated carbocycles. The number of carbonyl (C=O) groups excluding carboxylic acids is 2. The molecular formula is C22H26N2O5S. The fourth-order valence-corrected chi connectivity index (χ4v) is 3.76. The molecule has 2 rings (SSSR count). The summed E-state index contributed by atoms with van der Waals surface area (Å²) in [4.78, 5) is 23.9. The molecule has 2 aromatic rings. The van der Waals surface area contributed by atoms with Crippen molar-refractivity contribution in [1.82, 2.24) is 4.72 Å². The molecule has 1 atom stereocenters. The molecule has 0 radical (unpaired) electrons. The molecular weight excluding hydrogens is 404 g/mol. The Morgan fingerprint density at radius 3 is 2.23 bits per heavy atom. The molecule has 2 aromatic carbocycles. The van der Waals surface area contributed by atoms with Crippen LogP contribution in [0.2, 0.25) is 0 Å². The van der Waals surface area contributed by atoms with Crippen molar-refractivity contribution in [1.29, 1.82) is 0 Å². The van der Waals surface area contributed by atoms with Crippen molar-refractivity contribution in [2.75, 3.05) is 11.9 Å². The van der Waals surface area contributed by atoms with E-state index < -0.39 is 16.0 Å². The number of rotatable bonds is 9. The number of hydrogen-bond donors (Lipinski definition) is 2. The fraction of sp³-hybridized carbons (Fsp3) is 0.273. The SMILES string of the molecule is CCOC(=O)/C=C/c1ccc(NC(=O)c2ccc(S(=O)(=O)NC(C)CC)cc2)cc1. The van der Waals surface area contributed by atoms with Gasteiger partial charge < -0.3 is 10.1 Å². The fourth-order valence-electron chi connectivity index (χ4n) is 2.44. The molecule has 8 heteroatoms. The Morgan fingerprint density at radius 2 is 1.67 bits per heavy atom. The summed E-state index contributed by atoms with van der Waals surface area (Å²) >= 11 is 0. The van der Waals surface area contributed by atoms with Crippen molar-refractivity contribution in [3.05, 3.63) is 65.7 Å². The number of amides is 1. The lowest BCUT2D eigenvalue weighted by molar-refractivity contribution is -0.137. The first kappa shape index (κ1) is 23.3. The Hall–Kier alpha value is -2.97. The van der Waals surface area contributed by atoms with Crippen molar-refractivity contribution in [2.45, 2.75) is 38.1 Å². The van der Waals surface area contributed by atoms with Gasteiger partial charge in [-0.25, -0.2) is 17.9 Å². The lowest BCUT2D eigenvalue weighted by Crippen LogP contribution is -2.32. The summed E-state index contributed by atoms with van der Waals surface area (Å²) in [7, 11) is -3.61. The van der Waals surface area contributed by atoms with Crippen LogP contribution in [0.5, 0.6) is 0 Å². The largest absolute Gasteiger partial charge is 0.463 e. The van der Waals surface area contributed by atoms with E-state index in [-0.39, 0.29) is 16.8 Å². The molecule has 1 unspecified atom stereocenters. The third-order valence-electron chi connectivity index (χ3n) is 4.26. The summed E-state index contributed by atoms with van der Waals surface area (Å²) in [6.07, 6.45) is 3.64. The lowest BCUT2D eigenvalue weighted by atomic mass is 10.1. The Bertz CT molecular complexity index is 997. The number of anilines is 1. The zero-order valence-corrected chi connectivity index (χ0v) is 18.0. The van der Waals surface area contributed by atoms with Crippen LogP contribution in [0.25, 0.3) is 6.08 Å². The Balaban J connectivity index is 2.02. The highest BCUT2D eigenvalue weighted by Crippen LogP contribution is 2.15. The Morgan fingerprint density at radius 1 is 1.03 bits per heavy atom. The van der Waals surface area contributed by atoms with Gasteiger partial charge in [-0.1, -0.05) is 19.1 Å². The van der Waals surface area contributed by atoms with Gasteiger partial charge in [-0.05, 0) is 68.3 Å². The maximum absolute atomic E-state index is 12.4. The molecule has 30 heavy (non-hydrogen) atoms. The standard InChI is InChI=1S/C22H26N2O5S/c1-4-16(3)24-30(27,28)20-13-9-18(10-14-20)22(26)23-19-11-6-17(7-12-19)8-15-21(25)29-5-2/h6-16,24H,4-5H2,1-3H3,(H,23,26)/b15-8+. The Kier molecular flexibility index (Phi) is 8.32. The van der Waals surface area contributed by atoms with E-state index in [2.05, 4.69) is 10.0 Å². The van der Waals surface area contributed by atoms with Gasteiger partial charge in [-0.15, -0.1) is 0 Å². The molecule has 0 aromatic heterocycles. The van der Waals surface area contributed by atoms with Crippen LogP contribution in [-0.4, -0.2) is 32.9 Å². The van der Waals surface area contributed by atoms with Gasteiger partial charge in [0.2, 0.25) is 10.0 Å². The molecule has 160 valence electrons. The van der Waals surface area contributed by atoms with E-state index in [1.54, 1.807) is 44.2 Å². The van der Waals surface area contributed by atoms with E-state index in [0.29, 0.717) is 24.3 Å².